The average molecular weight is 287 g/mol. The van der Waals surface area contributed by atoms with Gasteiger partial charge in [0.2, 0.25) is 0 Å². The van der Waals surface area contributed by atoms with E-state index >= 15 is 0 Å². The highest BCUT2D eigenvalue weighted by atomic mass is 35.5. The molecule has 0 bridgehead atoms. The predicted molar refractivity (Wildman–Crippen MR) is 80.5 cm³/mol. The van der Waals surface area contributed by atoms with Gasteiger partial charge < -0.3 is 5.32 Å². The SMILES string of the molecule is CCC[C@H](c1ccc(F)c(C)c1)N1CCNCC1.Cl. The first kappa shape index (κ1) is 16.4. The van der Waals surface area contributed by atoms with Crippen molar-refractivity contribution in [3.05, 3.63) is 35.1 Å². The normalized spacial score (nSPS) is 17.8. The Morgan fingerprint density at radius 1 is 1.32 bits per heavy atom. The summed E-state index contributed by atoms with van der Waals surface area (Å²) in [4.78, 5) is 2.52. The summed E-state index contributed by atoms with van der Waals surface area (Å²) in [5.41, 5.74) is 2.02. The number of benzene rings is 1. The summed E-state index contributed by atoms with van der Waals surface area (Å²) >= 11 is 0. The van der Waals surface area contributed by atoms with Crippen molar-refractivity contribution < 1.29 is 4.39 Å². The molecule has 4 heteroatoms. The first-order valence-corrected chi connectivity index (χ1v) is 6.93. The van der Waals surface area contributed by atoms with Crippen molar-refractivity contribution in [2.75, 3.05) is 26.2 Å². The van der Waals surface area contributed by atoms with Crippen molar-refractivity contribution in [2.45, 2.75) is 32.7 Å². The van der Waals surface area contributed by atoms with Crippen LogP contribution in [0.2, 0.25) is 0 Å². The van der Waals surface area contributed by atoms with Crippen LogP contribution in [0.15, 0.2) is 18.2 Å². The Bertz CT molecular complexity index is 392. The maximum atomic E-state index is 13.4. The van der Waals surface area contributed by atoms with E-state index in [2.05, 4.69) is 17.1 Å². The number of piperazine rings is 1. The standard InChI is InChI=1S/C15H23FN2.ClH/c1-3-4-15(18-9-7-17-8-10-18)13-5-6-14(16)12(2)11-13;/h5-6,11,15,17H,3-4,7-10H2,1-2H3;1H/t15-;/m1./s1. The highest BCUT2D eigenvalue weighted by Crippen LogP contribution is 2.27. The molecule has 1 heterocycles. The third-order valence-electron chi connectivity index (χ3n) is 3.72. The van der Waals surface area contributed by atoms with Gasteiger partial charge in [0.1, 0.15) is 5.82 Å². The zero-order chi connectivity index (χ0) is 13.0. The Balaban J connectivity index is 0.00000180. The molecule has 2 rings (SSSR count). The summed E-state index contributed by atoms with van der Waals surface area (Å²) in [6.45, 7) is 8.34. The number of hydrogen-bond donors (Lipinski definition) is 1. The van der Waals surface area contributed by atoms with E-state index in [4.69, 9.17) is 0 Å². The van der Waals surface area contributed by atoms with E-state index in [1.165, 1.54) is 5.56 Å². The zero-order valence-electron chi connectivity index (χ0n) is 11.8. The van der Waals surface area contributed by atoms with Crippen LogP contribution in [0.4, 0.5) is 4.39 Å². The molecule has 0 saturated carbocycles. The van der Waals surface area contributed by atoms with Gasteiger partial charge in [-0.1, -0.05) is 25.5 Å². The van der Waals surface area contributed by atoms with Crippen LogP contribution in [0, 0.1) is 12.7 Å². The van der Waals surface area contributed by atoms with Crippen molar-refractivity contribution in [1.29, 1.82) is 0 Å². The zero-order valence-corrected chi connectivity index (χ0v) is 12.6. The van der Waals surface area contributed by atoms with Crippen LogP contribution in [-0.4, -0.2) is 31.1 Å². The number of nitrogens with one attached hydrogen (secondary N) is 1. The number of rotatable bonds is 4. The Morgan fingerprint density at radius 2 is 2.00 bits per heavy atom. The minimum Gasteiger partial charge on any atom is -0.314 e. The summed E-state index contributed by atoms with van der Waals surface area (Å²) in [6.07, 6.45) is 2.30. The molecule has 1 fully saturated rings. The van der Waals surface area contributed by atoms with Crippen molar-refractivity contribution in [3.63, 3.8) is 0 Å². The fourth-order valence-electron chi connectivity index (χ4n) is 2.70. The maximum Gasteiger partial charge on any atom is 0.126 e. The minimum absolute atomic E-state index is 0. The summed E-state index contributed by atoms with van der Waals surface area (Å²) in [7, 11) is 0. The second kappa shape index (κ2) is 7.83. The summed E-state index contributed by atoms with van der Waals surface area (Å²) in [5.74, 6) is -0.102. The number of nitrogens with zero attached hydrogens (tertiary/aromatic N) is 1. The Morgan fingerprint density at radius 3 is 2.58 bits per heavy atom. The minimum atomic E-state index is -0.102. The average Bonchev–Trinajstić information content (AvgIpc) is 2.40. The van der Waals surface area contributed by atoms with Crippen molar-refractivity contribution in [3.8, 4) is 0 Å². The van der Waals surface area contributed by atoms with Crippen molar-refractivity contribution >= 4 is 12.4 Å². The first-order valence-electron chi connectivity index (χ1n) is 6.93. The monoisotopic (exact) mass is 286 g/mol. The number of halogens is 2. The molecule has 1 aliphatic rings. The molecule has 1 aliphatic heterocycles. The Hall–Kier alpha value is -0.640. The van der Waals surface area contributed by atoms with Gasteiger partial charge in [-0.15, -0.1) is 12.4 Å². The number of aryl methyl sites for hydroxylation is 1. The van der Waals surface area contributed by atoms with Gasteiger partial charge >= 0.3 is 0 Å². The highest BCUT2D eigenvalue weighted by molar-refractivity contribution is 5.85. The highest BCUT2D eigenvalue weighted by Gasteiger charge is 2.21. The van der Waals surface area contributed by atoms with Crippen LogP contribution in [0.5, 0.6) is 0 Å². The lowest BCUT2D eigenvalue weighted by atomic mass is 9.98. The van der Waals surface area contributed by atoms with Gasteiger partial charge in [-0.2, -0.15) is 0 Å². The summed E-state index contributed by atoms with van der Waals surface area (Å²) in [5, 5.41) is 3.38. The maximum absolute atomic E-state index is 13.4. The molecular formula is C15H24ClFN2. The lowest BCUT2D eigenvalue weighted by molar-refractivity contribution is 0.164. The molecule has 19 heavy (non-hydrogen) atoms. The molecule has 108 valence electrons. The molecule has 0 amide bonds. The van der Waals surface area contributed by atoms with E-state index in [0.29, 0.717) is 6.04 Å². The molecule has 2 nitrogen and oxygen atoms in total. The summed E-state index contributed by atoms with van der Waals surface area (Å²) in [6, 6.07) is 6.01. The number of hydrogen-bond acceptors (Lipinski definition) is 2. The van der Waals surface area contributed by atoms with E-state index in [1.807, 2.05) is 19.1 Å². The van der Waals surface area contributed by atoms with Crippen LogP contribution < -0.4 is 5.32 Å². The lowest BCUT2D eigenvalue weighted by Crippen LogP contribution is -2.45. The van der Waals surface area contributed by atoms with Crippen LogP contribution in [0.3, 0.4) is 0 Å². The molecule has 0 unspecified atom stereocenters. The largest absolute Gasteiger partial charge is 0.314 e. The lowest BCUT2D eigenvalue weighted by Gasteiger charge is -2.35. The topological polar surface area (TPSA) is 15.3 Å². The van der Waals surface area contributed by atoms with Gasteiger partial charge in [0.05, 0.1) is 0 Å². The first-order chi connectivity index (χ1) is 8.72. The van der Waals surface area contributed by atoms with Gasteiger partial charge in [0, 0.05) is 32.2 Å². The molecule has 0 aromatic heterocycles. The Kier molecular flexibility index (Phi) is 6.76. The smallest absolute Gasteiger partial charge is 0.126 e. The van der Waals surface area contributed by atoms with E-state index in [-0.39, 0.29) is 18.2 Å². The van der Waals surface area contributed by atoms with Gasteiger partial charge in [0.15, 0.2) is 0 Å². The van der Waals surface area contributed by atoms with Crippen LogP contribution in [-0.2, 0) is 0 Å². The van der Waals surface area contributed by atoms with Gasteiger partial charge in [0.25, 0.3) is 0 Å². The second-order valence-corrected chi connectivity index (χ2v) is 5.10. The fourth-order valence-corrected chi connectivity index (χ4v) is 2.70. The van der Waals surface area contributed by atoms with Crippen LogP contribution in [0.25, 0.3) is 0 Å². The quantitative estimate of drug-likeness (QED) is 0.914. The van der Waals surface area contributed by atoms with E-state index in [0.717, 1.165) is 44.6 Å². The van der Waals surface area contributed by atoms with Gasteiger partial charge in [-0.25, -0.2) is 4.39 Å². The third kappa shape index (κ3) is 4.16. The van der Waals surface area contributed by atoms with E-state index < -0.39 is 0 Å². The predicted octanol–water partition coefficient (Wildman–Crippen LogP) is 3.30. The van der Waals surface area contributed by atoms with Crippen molar-refractivity contribution in [1.82, 2.24) is 10.2 Å². The third-order valence-corrected chi connectivity index (χ3v) is 3.72. The molecule has 1 aromatic carbocycles. The van der Waals surface area contributed by atoms with Gasteiger partial charge in [-0.3, -0.25) is 4.90 Å². The fraction of sp³-hybridized carbons (Fsp3) is 0.600. The van der Waals surface area contributed by atoms with Crippen molar-refractivity contribution in [2.24, 2.45) is 0 Å². The molecule has 1 atom stereocenters. The van der Waals surface area contributed by atoms with Crippen LogP contribution >= 0.6 is 12.4 Å². The molecule has 0 aliphatic carbocycles. The summed E-state index contributed by atoms with van der Waals surface area (Å²) < 4.78 is 13.4. The molecule has 0 spiro atoms. The molecule has 1 saturated heterocycles. The van der Waals surface area contributed by atoms with Gasteiger partial charge in [-0.05, 0) is 30.5 Å². The molecule has 1 N–H and O–H groups in total. The molecule has 1 aromatic rings. The second-order valence-electron chi connectivity index (χ2n) is 5.10. The Labute approximate surface area is 121 Å². The van der Waals surface area contributed by atoms with E-state index in [9.17, 15) is 4.39 Å². The van der Waals surface area contributed by atoms with Crippen LogP contribution in [0.1, 0.15) is 36.9 Å². The molecular weight excluding hydrogens is 263 g/mol. The molecule has 0 radical (unpaired) electrons. The van der Waals surface area contributed by atoms with E-state index in [1.54, 1.807) is 6.07 Å².